The number of hydrogen-bond acceptors (Lipinski definition) is 5. The lowest BCUT2D eigenvalue weighted by Gasteiger charge is -2.10. The molecule has 1 amide bonds. The minimum Gasteiger partial charge on any atom is -0.478 e. The van der Waals surface area contributed by atoms with E-state index in [9.17, 15) is 14.9 Å². The molecule has 0 unspecified atom stereocenters. The topological polar surface area (TPSA) is 94.4 Å². The lowest BCUT2D eigenvalue weighted by Crippen LogP contribution is -2.23. The Bertz CT molecular complexity index is 731. The molecule has 0 aliphatic heterocycles. The van der Waals surface area contributed by atoms with Crippen LogP contribution in [0, 0.1) is 17.0 Å². The van der Waals surface area contributed by atoms with Crippen LogP contribution in [-0.2, 0) is 6.54 Å². The average Bonchev–Trinajstić information content (AvgIpc) is 2.54. The molecule has 0 atom stereocenters. The summed E-state index contributed by atoms with van der Waals surface area (Å²) in [7, 11) is 0. The molecule has 23 heavy (non-hydrogen) atoms. The molecule has 0 spiro atoms. The highest BCUT2D eigenvalue weighted by Gasteiger charge is 2.15. The van der Waals surface area contributed by atoms with Crippen molar-refractivity contribution in [1.82, 2.24) is 10.3 Å². The van der Waals surface area contributed by atoms with Gasteiger partial charge in [0.15, 0.2) is 0 Å². The maximum Gasteiger partial charge on any atom is 0.273 e. The van der Waals surface area contributed by atoms with E-state index >= 15 is 0 Å². The summed E-state index contributed by atoms with van der Waals surface area (Å²) in [5.74, 6) is 0.0737. The zero-order chi connectivity index (χ0) is 16.8. The molecule has 1 heterocycles. The third-order valence-electron chi connectivity index (χ3n) is 3.24. The average molecular weight is 315 g/mol. The molecule has 2 rings (SSSR count). The lowest BCUT2D eigenvalue weighted by molar-refractivity contribution is -0.385. The molecule has 0 bridgehead atoms. The Hall–Kier alpha value is -2.96. The Labute approximate surface area is 133 Å². The molecule has 120 valence electrons. The number of nitrogens with one attached hydrogen (secondary N) is 1. The SMILES string of the molecule is CCOc1ncccc1CNC(=O)c1ccc(C)c([N+](=O)[O-])c1. The molecule has 0 fully saturated rings. The molecule has 7 heteroatoms. The number of hydrogen-bond donors (Lipinski definition) is 1. The highest BCUT2D eigenvalue weighted by atomic mass is 16.6. The van der Waals surface area contributed by atoms with Gasteiger partial charge in [-0.3, -0.25) is 14.9 Å². The number of rotatable bonds is 6. The molecule has 0 saturated carbocycles. The smallest absolute Gasteiger partial charge is 0.273 e. The van der Waals surface area contributed by atoms with Crippen LogP contribution < -0.4 is 10.1 Å². The summed E-state index contributed by atoms with van der Waals surface area (Å²) in [4.78, 5) is 26.7. The normalized spacial score (nSPS) is 10.2. The zero-order valence-corrected chi connectivity index (χ0v) is 12.9. The fourth-order valence-corrected chi connectivity index (χ4v) is 2.05. The first-order valence-electron chi connectivity index (χ1n) is 7.13. The van der Waals surface area contributed by atoms with Crippen molar-refractivity contribution in [1.29, 1.82) is 0 Å². The van der Waals surface area contributed by atoms with Gasteiger partial charge in [0, 0.05) is 35.5 Å². The number of nitro benzene ring substituents is 1. The van der Waals surface area contributed by atoms with Crippen molar-refractivity contribution in [3.05, 3.63) is 63.3 Å². The van der Waals surface area contributed by atoms with Crippen LogP contribution in [0.15, 0.2) is 36.5 Å². The van der Waals surface area contributed by atoms with Crippen LogP contribution in [0.3, 0.4) is 0 Å². The van der Waals surface area contributed by atoms with E-state index in [1.54, 1.807) is 37.4 Å². The fraction of sp³-hybridized carbons (Fsp3) is 0.250. The van der Waals surface area contributed by atoms with Crippen molar-refractivity contribution in [3.63, 3.8) is 0 Å². The van der Waals surface area contributed by atoms with Crippen molar-refractivity contribution < 1.29 is 14.5 Å². The van der Waals surface area contributed by atoms with Gasteiger partial charge < -0.3 is 10.1 Å². The monoisotopic (exact) mass is 315 g/mol. The first kappa shape index (κ1) is 16.4. The lowest BCUT2D eigenvalue weighted by atomic mass is 10.1. The molecule has 0 aliphatic carbocycles. The number of benzene rings is 1. The van der Waals surface area contributed by atoms with E-state index in [-0.39, 0.29) is 23.7 Å². The fourth-order valence-electron chi connectivity index (χ4n) is 2.05. The first-order chi connectivity index (χ1) is 11.0. The standard InChI is InChI=1S/C16H17N3O4/c1-3-23-16-13(5-4-8-17-16)10-18-15(20)12-7-6-11(2)14(9-12)19(21)22/h4-9H,3,10H2,1-2H3,(H,18,20). The van der Waals surface area contributed by atoms with E-state index in [4.69, 9.17) is 4.74 Å². The number of aromatic nitrogens is 1. The predicted molar refractivity (Wildman–Crippen MR) is 84.4 cm³/mol. The Kier molecular flexibility index (Phi) is 5.24. The molecule has 0 radical (unpaired) electrons. The largest absolute Gasteiger partial charge is 0.478 e. The van der Waals surface area contributed by atoms with Gasteiger partial charge in [-0.2, -0.15) is 0 Å². The number of ether oxygens (including phenoxy) is 1. The van der Waals surface area contributed by atoms with Gasteiger partial charge in [-0.05, 0) is 26.0 Å². The third kappa shape index (κ3) is 4.03. The molecular formula is C16H17N3O4. The van der Waals surface area contributed by atoms with Gasteiger partial charge in [0.05, 0.1) is 11.5 Å². The molecule has 1 aromatic heterocycles. The van der Waals surface area contributed by atoms with Crippen LogP contribution >= 0.6 is 0 Å². The van der Waals surface area contributed by atoms with Crippen molar-refractivity contribution in [2.45, 2.75) is 20.4 Å². The van der Waals surface area contributed by atoms with E-state index in [0.717, 1.165) is 5.56 Å². The number of aryl methyl sites for hydroxylation is 1. The first-order valence-corrected chi connectivity index (χ1v) is 7.13. The summed E-state index contributed by atoms with van der Waals surface area (Å²) in [5.41, 5.74) is 1.42. The van der Waals surface area contributed by atoms with Gasteiger partial charge in [-0.15, -0.1) is 0 Å². The quantitative estimate of drug-likeness (QED) is 0.653. The Morgan fingerprint density at radius 3 is 2.87 bits per heavy atom. The van der Waals surface area contributed by atoms with Gasteiger partial charge in [0.25, 0.3) is 11.6 Å². The maximum absolute atomic E-state index is 12.2. The van der Waals surface area contributed by atoms with Crippen molar-refractivity contribution in [3.8, 4) is 5.88 Å². The molecule has 0 saturated heterocycles. The molecule has 1 aromatic carbocycles. The third-order valence-corrected chi connectivity index (χ3v) is 3.24. The van der Waals surface area contributed by atoms with E-state index in [2.05, 4.69) is 10.3 Å². The number of nitrogens with zero attached hydrogens (tertiary/aromatic N) is 2. The number of carbonyl (C=O) groups is 1. The summed E-state index contributed by atoms with van der Waals surface area (Å²) in [6.07, 6.45) is 1.61. The maximum atomic E-state index is 12.2. The van der Waals surface area contributed by atoms with Gasteiger partial charge in [0.1, 0.15) is 0 Å². The van der Waals surface area contributed by atoms with Gasteiger partial charge >= 0.3 is 0 Å². The van der Waals surface area contributed by atoms with Crippen LogP contribution in [0.25, 0.3) is 0 Å². The Morgan fingerprint density at radius 1 is 1.39 bits per heavy atom. The second kappa shape index (κ2) is 7.35. The van der Waals surface area contributed by atoms with E-state index in [1.165, 1.54) is 6.07 Å². The molecule has 0 aliphatic rings. The minimum absolute atomic E-state index is 0.0750. The number of pyridine rings is 1. The minimum atomic E-state index is -0.500. The highest BCUT2D eigenvalue weighted by Crippen LogP contribution is 2.19. The summed E-state index contributed by atoms with van der Waals surface area (Å²) in [6, 6.07) is 7.95. The van der Waals surface area contributed by atoms with Crippen molar-refractivity contribution in [2.24, 2.45) is 0 Å². The van der Waals surface area contributed by atoms with Crippen molar-refractivity contribution in [2.75, 3.05) is 6.61 Å². The number of amides is 1. The Morgan fingerprint density at radius 2 is 2.17 bits per heavy atom. The molecule has 7 nitrogen and oxygen atoms in total. The van der Waals surface area contributed by atoms with Gasteiger partial charge in [-0.25, -0.2) is 4.98 Å². The molecular weight excluding hydrogens is 298 g/mol. The zero-order valence-electron chi connectivity index (χ0n) is 12.9. The molecule has 1 N–H and O–H groups in total. The summed E-state index contributed by atoms with van der Waals surface area (Å²) in [6.45, 7) is 4.18. The predicted octanol–water partition coefficient (Wildman–Crippen LogP) is 2.63. The van der Waals surface area contributed by atoms with Crippen LogP contribution in [0.5, 0.6) is 5.88 Å². The van der Waals surface area contributed by atoms with Crippen LogP contribution in [0.2, 0.25) is 0 Å². The van der Waals surface area contributed by atoms with E-state index < -0.39 is 4.92 Å². The van der Waals surface area contributed by atoms with E-state index in [0.29, 0.717) is 18.1 Å². The van der Waals surface area contributed by atoms with Crippen LogP contribution in [0.1, 0.15) is 28.4 Å². The van der Waals surface area contributed by atoms with Gasteiger partial charge in [0.2, 0.25) is 5.88 Å². The summed E-state index contributed by atoms with van der Waals surface area (Å²) < 4.78 is 5.39. The van der Waals surface area contributed by atoms with Crippen LogP contribution in [-0.4, -0.2) is 22.4 Å². The number of nitro groups is 1. The summed E-state index contributed by atoms with van der Waals surface area (Å²) >= 11 is 0. The summed E-state index contributed by atoms with van der Waals surface area (Å²) in [5, 5.41) is 13.7. The van der Waals surface area contributed by atoms with E-state index in [1.807, 2.05) is 6.92 Å². The van der Waals surface area contributed by atoms with Crippen LogP contribution in [0.4, 0.5) is 5.69 Å². The van der Waals surface area contributed by atoms with Crippen molar-refractivity contribution >= 4 is 11.6 Å². The highest BCUT2D eigenvalue weighted by molar-refractivity contribution is 5.94. The second-order valence-corrected chi connectivity index (χ2v) is 4.84. The Balaban J connectivity index is 2.11. The molecule has 2 aromatic rings. The second-order valence-electron chi connectivity index (χ2n) is 4.84. The number of carbonyl (C=O) groups excluding carboxylic acids is 1. The van der Waals surface area contributed by atoms with Gasteiger partial charge in [-0.1, -0.05) is 12.1 Å².